The maximum atomic E-state index is 13.9. The van der Waals surface area contributed by atoms with Gasteiger partial charge in [0.25, 0.3) is 11.1 Å². The van der Waals surface area contributed by atoms with Crippen molar-refractivity contribution in [2.45, 2.75) is 6.54 Å². The molecule has 0 unspecified atom stereocenters. The van der Waals surface area contributed by atoms with Gasteiger partial charge < -0.3 is 0 Å². The van der Waals surface area contributed by atoms with Crippen LogP contribution in [0.5, 0.6) is 0 Å². The zero-order chi connectivity index (χ0) is 18.1. The van der Waals surface area contributed by atoms with Crippen LogP contribution in [0.15, 0.2) is 45.8 Å². The summed E-state index contributed by atoms with van der Waals surface area (Å²) in [5.41, 5.74) is 0.707. The topological polar surface area (TPSA) is 37.4 Å². The molecular formula is C17H9BrCl2FNO2S. The molecule has 0 atom stereocenters. The van der Waals surface area contributed by atoms with E-state index in [4.69, 9.17) is 23.2 Å². The lowest BCUT2D eigenvalue weighted by molar-refractivity contribution is -0.123. The molecule has 0 spiro atoms. The number of halogens is 4. The molecule has 0 radical (unpaired) electrons. The van der Waals surface area contributed by atoms with Crippen molar-refractivity contribution in [3.8, 4) is 0 Å². The molecule has 1 fully saturated rings. The molecule has 2 aromatic rings. The average Bonchev–Trinajstić information content (AvgIpc) is 2.81. The van der Waals surface area contributed by atoms with E-state index in [0.29, 0.717) is 20.1 Å². The van der Waals surface area contributed by atoms with Crippen LogP contribution in [0.3, 0.4) is 0 Å². The van der Waals surface area contributed by atoms with Crippen molar-refractivity contribution in [3.63, 3.8) is 0 Å². The standard InChI is InChI=1S/C17H9BrCl2FNO2S/c18-10-4-5-14(21)9(6-10)7-15-16(23)22(17(24)25-15)8-11-12(19)2-1-3-13(11)20/h1-7H,8H2/b15-7-. The second-order valence-electron chi connectivity index (χ2n) is 5.13. The summed E-state index contributed by atoms with van der Waals surface area (Å²) in [6, 6.07) is 9.32. The number of benzene rings is 2. The Hall–Kier alpha value is -1.34. The third-order valence-corrected chi connectivity index (χ3v) is 5.61. The molecule has 1 heterocycles. The molecule has 1 aliphatic rings. The number of amides is 2. The molecule has 0 bridgehead atoms. The summed E-state index contributed by atoms with van der Waals surface area (Å²) in [5, 5.41) is 0.282. The zero-order valence-electron chi connectivity index (χ0n) is 12.4. The Morgan fingerprint density at radius 3 is 2.52 bits per heavy atom. The van der Waals surface area contributed by atoms with Crippen molar-refractivity contribution in [3.05, 3.63) is 72.8 Å². The lowest BCUT2D eigenvalue weighted by Crippen LogP contribution is -2.27. The number of carbonyl (C=O) groups is 2. The molecule has 3 rings (SSSR count). The first kappa shape index (κ1) is 18.5. The number of carbonyl (C=O) groups excluding carboxylic acids is 2. The maximum Gasteiger partial charge on any atom is 0.293 e. The highest BCUT2D eigenvalue weighted by Crippen LogP contribution is 2.36. The lowest BCUT2D eigenvalue weighted by atomic mass is 10.2. The first-order valence-electron chi connectivity index (χ1n) is 7.00. The van der Waals surface area contributed by atoms with Crippen LogP contribution >= 0.6 is 50.9 Å². The molecule has 0 N–H and O–H groups in total. The minimum atomic E-state index is -0.509. The fraction of sp³-hybridized carbons (Fsp3) is 0.0588. The minimum Gasteiger partial charge on any atom is -0.268 e. The Kier molecular flexibility index (Phi) is 5.53. The number of thioether (sulfide) groups is 1. The van der Waals surface area contributed by atoms with E-state index >= 15 is 0 Å². The summed E-state index contributed by atoms with van der Waals surface area (Å²) in [6.45, 7) is -0.0402. The number of rotatable bonds is 3. The fourth-order valence-electron chi connectivity index (χ4n) is 2.24. The fourth-order valence-corrected chi connectivity index (χ4v) is 3.97. The highest BCUT2D eigenvalue weighted by molar-refractivity contribution is 9.10. The third-order valence-electron chi connectivity index (χ3n) is 3.50. The van der Waals surface area contributed by atoms with Gasteiger partial charge in [0.1, 0.15) is 5.82 Å². The Bertz CT molecular complexity index is 899. The first-order chi connectivity index (χ1) is 11.9. The van der Waals surface area contributed by atoms with E-state index in [9.17, 15) is 14.0 Å². The van der Waals surface area contributed by atoms with E-state index in [-0.39, 0.29) is 17.0 Å². The van der Waals surface area contributed by atoms with Crippen molar-refractivity contribution < 1.29 is 14.0 Å². The van der Waals surface area contributed by atoms with Gasteiger partial charge in [-0.2, -0.15) is 0 Å². The highest BCUT2D eigenvalue weighted by atomic mass is 79.9. The molecule has 25 heavy (non-hydrogen) atoms. The normalized spacial score (nSPS) is 16.2. The quantitative estimate of drug-likeness (QED) is 0.517. The monoisotopic (exact) mass is 459 g/mol. The van der Waals surface area contributed by atoms with E-state index in [2.05, 4.69) is 15.9 Å². The molecule has 1 saturated heterocycles. The summed E-state index contributed by atoms with van der Waals surface area (Å²) >= 11 is 16.2. The summed E-state index contributed by atoms with van der Waals surface area (Å²) < 4.78 is 14.5. The second kappa shape index (κ2) is 7.50. The van der Waals surface area contributed by atoms with Gasteiger partial charge in [-0.1, -0.05) is 45.2 Å². The highest BCUT2D eigenvalue weighted by Gasteiger charge is 2.35. The first-order valence-corrected chi connectivity index (χ1v) is 9.36. The van der Waals surface area contributed by atoms with Crippen LogP contribution in [0, 0.1) is 5.82 Å². The number of hydrogen-bond donors (Lipinski definition) is 0. The van der Waals surface area contributed by atoms with Crippen LogP contribution in [0.25, 0.3) is 6.08 Å². The maximum absolute atomic E-state index is 13.9. The largest absolute Gasteiger partial charge is 0.293 e. The number of hydrogen-bond acceptors (Lipinski definition) is 3. The van der Waals surface area contributed by atoms with E-state index in [1.165, 1.54) is 18.2 Å². The summed E-state index contributed by atoms with van der Waals surface area (Å²) in [7, 11) is 0. The minimum absolute atomic E-state index is 0.0402. The predicted octanol–water partition coefficient (Wildman–Crippen LogP) is 6.13. The van der Waals surface area contributed by atoms with Gasteiger partial charge in [-0.25, -0.2) is 4.39 Å². The van der Waals surface area contributed by atoms with Crippen LogP contribution < -0.4 is 0 Å². The van der Waals surface area contributed by atoms with E-state index in [1.807, 2.05) is 0 Å². The Morgan fingerprint density at radius 2 is 1.84 bits per heavy atom. The van der Waals surface area contributed by atoms with Crippen LogP contribution in [0.1, 0.15) is 11.1 Å². The molecule has 128 valence electrons. The van der Waals surface area contributed by atoms with E-state index in [1.54, 1.807) is 24.3 Å². The van der Waals surface area contributed by atoms with Crippen molar-refractivity contribution >= 4 is 68.1 Å². The van der Waals surface area contributed by atoms with Gasteiger partial charge in [-0.05, 0) is 48.2 Å². The molecule has 0 aromatic heterocycles. The van der Waals surface area contributed by atoms with Crippen LogP contribution in [-0.2, 0) is 11.3 Å². The van der Waals surface area contributed by atoms with E-state index in [0.717, 1.165) is 16.7 Å². The summed E-state index contributed by atoms with van der Waals surface area (Å²) in [4.78, 5) is 25.9. The van der Waals surface area contributed by atoms with Crippen molar-refractivity contribution in [1.29, 1.82) is 0 Å². The summed E-state index contributed by atoms with van der Waals surface area (Å²) in [6.07, 6.45) is 1.36. The number of imide groups is 1. The van der Waals surface area contributed by atoms with E-state index < -0.39 is 17.0 Å². The van der Waals surface area contributed by atoms with Crippen LogP contribution in [0.4, 0.5) is 9.18 Å². The van der Waals surface area contributed by atoms with Gasteiger partial charge in [-0.15, -0.1) is 0 Å². The van der Waals surface area contributed by atoms with Gasteiger partial charge in [-0.3, -0.25) is 14.5 Å². The Morgan fingerprint density at radius 1 is 1.16 bits per heavy atom. The summed E-state index contributed by atoms with van der Waals surface area (Å²) in [5.74, 6) is -0.991. The Labute approximate surface area is 165 Å². The zero-order valence-corrected chi connectivity index (χ0v) is 16.3. The smallest absolute Gasteiger partial charge is 0.268 e. The average molecular weight is 461 g/mol. The van der Waals surface area contributed by atoms with Gasteiger partial charge in [0.05, 0.1) is 11.4 Å². The van der Waals surface area contributed by atoms with Gasteiger partial charge >= 0.3 is 0 Å². The third kappa shape index (κ3) is 3.92. The second-order valence-corrected chi connectivity index (χ2v) is 7.86. The molecule has 0 aliphatic carbocycles. The molecule has 3 nitrogen and oxygen atoms in total. The number of nitrogens with zero attached hydrogens (tertiary/aromatic N) is 1. The molecule has 1 aliphatic heterocycles. The molecular weight excluding hydrogens is 452 g/mol. The predicted molar refractivity (Wildman–Crippen MR) is 102 cm³/mol. The van der Waals surface area contributed by atoms with Crippen molar-refractivity contribution in [1.82, 2.24) is 4.90 Å². The van der Waals surface area contributed by atoms with Gasteiger partial charge in [0, 0.05) is 25.6 Å². The van der Waals surface area contributed by atoms with Gasteiger partial charge in [0.2, 0.25) is 0 Å². The van der Waals surface area contributed by atoms with Crippen molar-refractivity contribution in [2.75, 3.05) is 0 Å². The molecule has 2 amide bonds. The van der Waals surface area contributed by atoms with Gasteiger partial charge in [0.15, 0.2) is 0 Å². The van der Waals surface area contributed by atoms with Crippen molar-refractivity contribution in [2.24, 2.45) is 0 Å². The van der Waals surface area contributed by atoms with Crippen LogP contribution in [0.2, 0.25) is 10.0 Å². The molecule has 0 saturated carbocycles. The lowest BCUT2D eigenvalue weighted by Gasteiger charge is -2.14. The van der Waals surface area contributed by atoms with Crippen LogP contribution in [-0.4, -0.2) is 16.0 Å². The Balaban J connectivity index is 1.90. The SMILES string of the molecule is O=C1S/C(=C\c2cc(Br)ccc2F)C(=O)N1Cc1c(Cl)cccc1Cl. The molecule has 8 heteroatoms. The molecule has 2 aromatic carbocycles.